The molecule has 0 bridgehead atoms. The van der Waals surface area contributed by atoms with E-state index in [1.807, 2.05) is 13.0 Å². The number of aryl methyl sites for hydroxylation is 1. The molecule has 2 fully saturated rings. The molecule has 164 valence electrons. The number of carbonyl (C=O) groups is 3. The number of rotatable bonds is 6. The van der Waals surface area contributed by atoms with E-state index in [0.29, 0.717) is 50.1 Å². The van der Waals surface area contributed by atoms with Crippen LogP contribution in [0, 0.1) is 6.92 Å². The Kier molecular flexibility index (Phi) is 7.54. The highest BCUT2D eigenvalue weighted by molar-refractivity contribution is 5.95. The van der Waals surface area contributed by atoms with Gasteiger partial charge in [0.15, 0.2) is 0 Å². The summed E-state index contributed by atoms with van der Waals surface area (Å²) < 4.78 is 5.30. The number of benzene rings is 1. The Morgan fingerprint density at radius 3 is 2.40 bits per heavy atom. The van der Waals surface area contributed by atoms with Crippen LogP contribution in [-0.4, -0.2) is 73.5 Å². The average molecular weight is 417 g/mol. The van der Waals surface area contributed by atoms with E-state index >= 15 is 0 Å². The maximum Gasteiger partial charge on any atom is 0.317 e. The van der Waals surface area contributed by atoms with Crippen molar-refractivity contribution < 1.29 is 19.1 Å². The van der Waals surface area contributed by atoms with Crippen LogP contribution >= 0.6 is 0 Å². The van der Waals surface area contributed by atoms with E-state index in [1.54, 1.807) is 29.0 Å². The predicted molar refractivity (Wildman–Crippen MR) is 114 cm³/mol. The lowest BCUT2D eigenvalue weighted by Crippen LogP contribution is -2.53. The van der Waals surface area contributed by atoms with Gasteiger partial charge in [-0.15, -0.1) is 0 Å². The fourth-order valence-electron chi connectivity index (χ4n) is 4.01. The number of carbonyl (C=O) groups excluding carboxylic acids is 3. The number of methoxy groups -OCH3 is 1. The Labute approximate surface area is 177 Å². The van der Waals surface area contributed by atoms with Gasteiger partial charge in [-0.1, -0.05) is 18.9 Å². The third-order valence-corrected chi connectivity index (χ3v) is 5.86. The van der Waals surface area contributed by atoms with Crippen LogP contribution in [0.5, 0.6) is 5.75 Å². The van der Waals surface area contributed by atoms with Gasteiger partial charge in [-0.3, -0.25) is 9.59 Å². The van der Waals surface area contributed by atoms with Crippen molar-refractivity contribution in [2.45, 2.75) is 45.1 Å². The molecular weight excluding hydrogens is 384 g/mol. The summed E-state index contributed by atoms with van der Waals surface area (Å²) in [6, 6.07) is 5.54. The Morgan fingerprint density at radius 2 is 1.73 bits per heavy atom. The van der Waals surface area contributed by atoms with Crippen LogP contribution < -0.4 is 15.4 Å². The zero-order valence-electron chi connectivity index (χ0n) is 17.9. The van der Waals surface area contributed by atoms with Crippen molar-refractivity contribution in [1.29, 1.82) is 0 Å². The van der Waals surface area contributed by atoms with Crippen LogP contribution in [0.2, 0.25) is 0 Å². The minimum Gasteiger partial charge on any atom is -0.496 e. The van der Waals surface area contributed by atoms with Crippen molar-refractivity contribution in [2.75, 3.05) is 39.8 Å². The van der Waals surface area contributed by atoms with Crippen molar-refractivity contribution in [1.82, 2.24) is 20.4 Å². The Bertz CT molecular complexity index is 768. The van der Waals surface area contributed by atoms with E-state index in [2.05, 4.69) is 10.6 Å². The SMILES string of the molecule is COc1cc(C(=O)N2CCN(C(=O)NCCC(=O)NC3CCCC3)CC2)ccc1C. The fourth-order valence-corrected chi connectivity index (χ4v) is 4.01. The van der Waals surface area contributed by atoms with Gasteiger partial charge in [0.1, 0.15) is 5.75 Å². The molecule has 30 heavy (non-hydrogen) atoms. The second-order valence-corrected chi connectivity index (χ2v) is 7.99. The molecule has 0 unspecified atom stereocenters. The molecular formula is C22H32N4O4. The molecule has 8 nitrogen and oxygen atoms in total. The number of urea groups is 1. The van der Waals surface area contributed by atoms with Crippen molar-refractivity contribution in [3.8, 4) is 5.75 Å². The highest BCUT2D eigenvalue weighted by atomic mass is 16.5. The Balaban J connectivity index is 1.39. The first kappa shape index (κ1) is 21.9. The molecule has 1 aromatic rings. The predicted octanol–water partition coefficient (Wildman–Crippen LogP) is 1.92. The molecule has 2 N–H and O–H groups in total. The maximum atomic E-state index is 12.8. The number of nitrogens with one attached hydrogen (secondary N) is 2. The molecule has 1 saturated carbocycles. The van der Waals surface area contributed by atoms with Crippen LogP contribution in [-0.2, 0) is 4.79 Å². The number of amides is 4. The van der Waals surface area contributed by atoms with E-state index < -0.39 is 0 Å². The average Bonchev–Trinajstić information content (AvgIpc) is 3.26. The quantitative estimate of drug-likeness (QED) is 0.741. The van der Waals surface area contributed by atoms with Crippen molar-refractivity contribution >= 4 is 17.8 Å². The highest BCUT2D eigenvalue weighted by Crippen LogP contribution is 2.20. The van der Waals surface area contributed by atoms with Crippen LogP contribution in [0.15, 0.2) is 18.2 Å². The lowest BCUT2D eigenvalue weighted by molar-refractivity contribution is -0.121. The monoisotopic (exact) mass is 416 g/mol. The molecule has 4 amide bonds. The van der Waals surface area contributed by atoms with Gasteiger partial charge < -0.3 is 25.2 Å². The summed E-state index contributed by atoms with van der Waals surface area (Å²) in [5.41, 5.74) is 1.57. The molecule has 1 aliphatic carbocycles. The van der Waals surface area contributed by atoms with E-state index in [0.717, 1.165) is 18.4 Å². The lowest BCUT2D eigenvalue weighted by Gasteiger charge is -2.34. The summed E-state index contributed by atoms with van der Waals surface area (Å²) >= 11 is 0. The molecule has 0 atom stereocenters. The number of hydrogen-bond acceptors (Lipinski definition) is 4. The topological polar surface area (TPSA) is 91.0 Å². The normalized spacial score (nSPS) is 17.0. The number of nitrogens with zero attached hydrogens (tertiary/aromatic N) is 2. The Hall–Kier alpha value is -2.77. The van der Waals surface area contributed by atoms with Gasteiger partial charge in [-0.05, 0) is 37.5 Å². The fraction of sp³-hybridized carbons (Fsp3) is 0.591. The zero-order valence-corrected chi connectivity index (χ0v) is 17.9. The molecule has 8 heteroatoms. The standard InChI is InChI=1S/C22H32N4O4/c1-16-7-8-17(15-19(16)30-2)21(28)25-11-13-26(14-12-25)22(29)23-10-9-20(27)24-18-5-3-4-6-18/h7-8,15,18H,3-6,9-14H2,1-2H3,(H,23,29)(H,24,27). The van der Waals surface area contributed by atoms with E-state index in [1.165, 1.54) is 12.8 Å². The van der Waals surface area contributed by atoms with E-state index in [4.69, 9.17) is 4.74 Å². The first-order valence-corrected chi connectivity index (χ1v) is 10.7. The van der Waals surface area contributed by atoms with Gasteiger partial charge in [0.25, 0.3) is 5.91 Å². The first-order valence-electron chi connectivity index (χ1n) is 10.7. The van der Waals surface area contributed by atoms with Gasteiger partial charge in [0.2, 0.25) is 5.91 Å². The van der Waals surface area contributed by atoms with E-state index in [9.17, 15) is 14.4 Å². The van der Waals surface area contributed by atoms with Gasteiger partial charge in [0.05, 0.1) is 7.11 Å². The molecule has 1 heterocycles. The largest absolute Gasteiger partial charge is 0.496 e. The van der Waals surface area contributed by atoms with Crippen LogP contribution in [0.25, 0.3) is 0 Å². The molecule has 0 radical (unpaired) electrons. The van der Waals surface area contributed by atoms with E-state index in [-0.39, 0.29) is 24.3 Å². The summed E-state index contributed by atoms with van der Waals surface area (Å²) in [6.45, 7) is 4.14. The summed E-state index contributed by atoms with van der Waals surface area (Å²) in [5.74, 6) is 0.624. The van der Waals surface area contributed by atoms with Gasteiger partial charge >= 0.3 is 6.03 Å². The summed E-state index contributed by atoms with van der Waals surface area (Å²) in [4.78, 5) is 40.5. The molecule has 1 saturated heterocycles. The second-order valence-electron chi connectivity index (χ2n) is 7.99. The van der Waals surface area contributed by atoms with Gasteiger partial charge in [0, 0.05) is 50.7 Å². The summed E-state index contributed by atoms with van der Waals surface area (Å²) in [7, 11) is 1.59. The molecule has 0 aromatic heterocycles. The number of ether oxygens (including phenoxy) is 1. The minimum absolute atomic E-state index is 0.00820. The minimum atomic E-state index is -0.187. The zero-order chi connectivity index (χ0) is 21.5. The van der Waals surface area contributed by atoms with Gasteiger partial charge in [-0.2, -0.15) is 0 Å². The number of hydrogen-bond donors (Lipinski definition) is 2. The molecule has 3 rings (SSSR count). The smallest absolute Gasteiger partial charge is 0.317 e. The summed E-state index contributed by atoms with van der Waals surface area (Å²) in [6.07, 6.45) is 4.74. The van der Waals surface area contributed by atoms with Crippen LogP contribution in [0.1, 0.15) is 48.0 Å². The number of piperazine rings is 1. The Morgan fingerprint density at radius 1 is 1.07 bits per heavy atom. The van der Waals surface area contributed by atoms with Gasteiger partial charge in [-0.25, -0.2) is 4.79 Å². The molecule has 1 aromatic carbocycles. The van der Waals surface area contributed by atoms with Crippen molar-refractivity contribution in [3.05, 3.63) is 29.3 Å². The van der Waals surface area contributed by atoms with Crippen molar-refractivity contribution in [3.63, 3.8) is 0 Å². The lowest BCUT2D eigenvalue weighted by atomic mass is 10.1. The third-order valence-electron chi connectivity index (χ3n) is 5.86. The van der Waals surface area contributed by atoms with Crippen LogP contribution in [0.4, 0.5) is 4.79 Å². The molecule has 2 aliphatic rings. The molecule has 1 aliphatic heterocycles. The van der Waals surface area contributed by atoms with Crippen molar-refractivity contribution in [2.24, 2.45) is 0 Å². The van der Waals surface area contributed by atoms with Crippen LogP contribution in [0.3, 0.4) is 0 Å². The first-order chi connectivity index (χ1) is 14.5. The maximum absolute atomic E-state index is 12.8. The third kappa shape index (κ3) is 5.64. The molecule has 0 spiro atoms. The summed E-state index contributed by atoms with van der Waals surface area (Å²) in [5, 5.41) is 5.83. The second kappa shape index (κ2) is 10.3. The highest BCUT2D eigenvalue weighted by Gasteiger charge is 2.25.